The molecule has 98 valence electrons. The van der Waals surface area contributed by atoms with E-state index < -0.39 is 12.0 Å². The molecule has 0 spiro atoms. The average Bonchev–Trinajstić information content (AvgIpc) is 2.36. The molecule has 0 aliphatic carbocycles. The van der Waals surface area contributed by atoms with Crippen molar-refractivity contribution in [3.63, 3.8) is 0 Å². The quantitative estimate of drug-likeness (QED) is 0.354. The van der Waals surface area contributed by atoms with Crippen LogP contribution in [0.2, 0.25) is 0 Å². The van der Waals surface area contributed by atoms with Gasteiger partial charge in [0.2, 0.25) is 0 Å². The van der Waals surface area contributed by atoms with E-state index in [0.29, 0.717) is 11.3 Å². The largest absolute Gasteiger partial charge is 0.600 e. The van der Waals surface area contributed by atoms with Crippen LogP contribution in [0.5, 0.6) is 0 Å². The fourth-order valence-corrected chi connectivity index (χ4v) is 1.29. The van der Waals surface area contributed by atoms with Gasteiger partial charge >= 0.3 is 5.97 Å². The van der Waals surface area contributed by atoms with E-state index in [4.69, 9.17) is 10.5 Å². The first-order chi connectivity index (χ1) is 8.59. The monoisotopic (exact) mass is 251 g/mol. The molecule has 1 atom stereocenters. The van der Waals surface area contributed by atoms with E-state index in [-0.39, 0.29) is 13.2 Å². The third-order valence-corrected chi connectivity index (χ3v) is 2.27. The lowest BCUT2D eigenvalue weighted by molar-refractivity contribution is -0.499. The maximum Gasteiger partial charge on any atom is 0.323 e. The van der Waals surface area contributed by atoms with Gasteiger partial charge < -0.3 is 15.7 Å². The summed E-state index contributed by atoms with van der Waals surface area (Å²) in [6.07, 6.45) is 0.292. The molecular weight excluding hydrogens is 234 g/mol. The summed E-state index contributed by atoms with van der Waals surface area (Å²) < 4.78 is 5.05. The van der Waals surface area contributed by atoms with E-state index in [2.05, 4.69) is 5.11 Å². The Labute approximate surface area is 106 Å². The maximum absolute atomic E-state index is 11.5. The number of hydrogen-bond acceptors (Lipinski definition) is 5. The van der Waals surface area contributed by atoms with Crippen molar-refractivity contribution in [2.75, 3.05) is 13.6 Å². The van der Waals surface area contributed by atoms with Crippen LogP contribution < -0.4 is 5.73 Å². The van der Waals surface area contributed by atoms with Crippen LogP contribution in [0.15, 0.2) is 35.4 Å². The summed E-state index contributed by atoms with van der Waals surface area (Å²) >= 11 is 0. The van der Waals surface area contributed by atoms with E-state index in [1.807, 2.05) is 30.3 Å². The summed E-state index contributed by atoms with van der Waals surface area (Å²) in [4.78, 5) is 12.0. The van der Waals surface area contributed by atoms with Gasteiger partial charge in [-0.05, 0) is 17.1 Å². The van der Waals surface area contributed by atoms with Crippen molar-refractivity contribution < 1.29 is 14.4 Å². The highest BCUT2D eigenvalue weighted by molar-refractivity contribution is 5.75. The van der Waals surface area contributed by atoms with Crippen LogP contribution in [-0.4, -0.2) is 30.5 Å². The fraction of sp³-hybridized carbons (Fsp3) is 0.417. The van der Waals surface area contributed by atoms with E-state index in [9.17, 15) is 10.0 Å². The second-order valence-electron chi connectivity index (χ2n) is 3.82. The molecule has 18 heavy (non-hydrogen) atoms. The Morgan fingerprint density at radius 1 is 1.50 bits per heavy atom. The number of hydrogen-bond donors (Lipinski definition) is 1. The zero-order chi connectivity index (χ0) is 13.4. The first-order valence-electron chi connectivity index (χ1n) is 5.64. The highest BCUT2D eigenvalue weighted by atomic mass is 16.5. The van der Waals surface area contributed by atoms with Crippen LogP contribution in [0.3, 0.4) is 0 Å². The summed E-state index contributed by atoms with van der Waals surface area (Å²) in [5, 5.41) is 14.1. The van der Waals surface area contributed by atoms with Gasteiger partial charge in [0, 0.05) is 0 Å². The molecule has 6 heteroatoms. The van der Waals surface area contributed by atoms with Gasteiger partial charge in [0.05, 0.1) is 0 Å². The van der Waals surface area contributed by atoms with Crippen molar-refractivity contribution in [2.45, 2.75) is 19.1 Å². The second kappa shape index (κ2) is 7.39. The molecule has 6 nitrogen and oxygen atoms in total. The Hall–Kier alpha value is -1.95. The van der Waals surface area contributed by atoms with Gasteiger partial charge in [-0.3, -0.25) is 4.79 Å². The summed E-state index contributed by atoms with van der Waals surface area (Å²) in [6.45, 7) is 0.410. The summed E-state index contributed by atoms with van der Waals surface area (Å²) in [6, 6.07) is 8.59. The number of rotatable bonds is 6. The Bertz CT molecular complexity index is 402. The summed E-state index contributed by atoms with van der Waals surface area (Å²) in [5.74, 6) is -0.484. The van der Waals surface area contributed by atoms with E-state index in [1.165, 1.54) is 7.05 Å². The zero-order valence-corrected chi connectivity index (χ0v) is 10.3. The third-order valence-electron chi connectivity index (χ3n) is 2.27. The second-order valence-corrected chi connectivity index (χ2v) is 3.82. The smallest absolute Gasteiger partial charge is 0.323 e. The van der Waals surface area contributed by atoms with Crippen LogP contribution in [0.25, 0.3) is 0 Å². The Morgan fingerprint density at radius 3 is 2.78 bits per heavy atom. The summed E-state index contributed by atoms with van der Waals surface area (Å²) in [7, 11) is 1.28. The SMILES string of the molecule is C[N+]([O-])=NCC[C@H](N)C(=O)OCc1ccccc1. The predicted molar refractivity (Wildman–Crippen MR) is 65.7 cm³/mol. The standard InChI is InChI=1S/C12H17N3O3/c1-15(17)14-8-7-11(13)12(16)18-9-10-5-3-2-4-6-10/h2-6,11H,7-9,13H2,1H3/t11-/m0/s1. The Morgan fingerprint density at radius 2 is 2.17 bits per heavy atom. The molecule has 1 rings (SSSR count). The number of azo groups is 1. The molecule has 0 aliphatic rings. The molecule has 0 unspecified atom stereocenters. The van der Waals surface area contributed by atoms with Gasteiger partial charge in [-0.25, -0.2) is 0 Å². The molecule has 0 saturated carbocycles. The van der Waals surface area contributed by atoms with E-state index in [1.54, 1.807) is 0 Å². The molecule has 0 bridgehead atoms. The molecule has 0 saturated heterocycles. The van der Waals surface area contributed by atoms with Crippen LogP contribution in [0.4, 0.5) is 0 Å². The number of hydroxylamine groups is 1. The van der Waals surface area contributed by atoms with Crippen molar-refractivity contribution in [3.05, 3.63) is 41.1 Å². The van der Waals surface area contributed by atoms with Crippen LogP contribution >= 0.6 is 0 Å². The molecule has 0 aliphatic heterocycles. The molecule has 0 heterocycles. The van der Waals surface area contributed by atoms with Crippen molar-refractivity contribution in [2.24, 2.45) is 10.8 Å². The predicted octanol–water partition coefficient (Wildman–Crippen LogP) is 1.04. The third kappa shape index (κ3) is 5.40. The van der Waals surface area contributed by atoms with Crippen LogP contribution in [0, 0.1) is 5.21 Å². The van der Waals surface area contributed by atoms with Crippen molar-refractivity contribution in [1.29, 1.82) is 0 Å². The number of nitrogens with zero attached hydrogens (tertiary/aromatic N) is 2. The number of esters is 1. The van der Waals surface area contributed by atoms with Gasteiger partial charge in [0.15, 0.2) is 7.05 Å². The lowest BCUT2D eigenvalue weighted by Crippen LogP contribution is -2.33. The highest BCUT2D eigenvalue weighted by Gasteiger charge is 2.15. The Balaban J connectivity index is 2.30. The van der Waals surface area contributed by atoms with Gasteiger partial charge in [-0.1, -0.05) is 30.3 Å². The van der Waals surface area contributed by atoms with Crippen molar-refractivity contribution in [3.8, 4) is 0 Å². The normalized spacial score (nSPS) is 13.1. The van der Waals surface area contributed by atoms with E-state index >= 15 is 0 Å². The van der Waals surface area contributed by atoms with E-state index in [0.717, 1.165) is 5.56 Å². The van der Waals surface area contributed by atoms with Gasteiger partial charge in [0.25, 0.3) is 0 Å². The van der Waals surface area contributed by atoms with Gasteiger partial charge in [0.1, 0.15) is 19.2 Å². The molecule has 2 N–H and O–H groups in total. The number of nitrogens with two attached hydrogens (primary N) is 1. The average molecular weight is 251 g/mol. The maximum atomic E-state index is 11.5. The molecular formula is C12H17N3O3. The van der Waals surface area contributed by atoms with Gasteiger partial charge in [-0.15, -0.1) is 4.86 Å². The Kier molecular flexibility index (Phi) is 5.79. The highest BCUT2D eigenvalue weighted by Crippen LogP contribution is 2.02. The minimum Gasteiger partial charge on any atom is -0.600 e. The topological polar surface area (TPSA) is 90.8 Å². The molecule has 0 aromatic heterocycles. The molecule has 0 amide bonds. The number of carbonyl (C=O) groups is 1. The number of carbonyl (C=O) groups excluding carboxylic acids is 1. The molecule has 1 aromatic rings. The van der Waals surface area contributed by atoms with Crippen LogP contribution in [-0.2, 0) is 16.1 Å². The lowest BCUT2D eigenvalue weighted by Gasteiger charge is -2.09. The van der Waals surface area contributed by atoms with Crippen LogP contribution in [0.1, 0.15) is 12.0 Å². The summed E-state index contributed by atoms with van der Waals surface area (Å²) in [5.41, 5.74) is 6.52. The molecule has 0 fully saturated rings. The number of benzene rings is 1. The van der Waals surface area contributed by atoms with Crippen molar-refractivity contribution in [1.82, 2.24) is 0 Å². The molecule has 1 aromatic carbocycles. The van der Waals surface area contributed by atoms with Gasteiger partial charge in [-0.2, -0.15) is 0 Å². The minimum atomic E-state index is -0.752. The first-order valence-corrected chi connectivity index (χ1v) is 5.64. The zero-order valence-electron chi connectivity index (χ0n) is 10.3. The minimum absolute atomic E-state index is 0.200. The van der Waals surface area contributed by atoms with Crippen molar-refractivity contribution >= 4 is 5.97 Å². The molecule has 0 radical (unpaired) electrons. The number of ether oxygens (including phenoxy) is 1. The first kappa shape index (κ1) is 14.1. The lowest BCUT2D eigenvalue weighted by atomic mass is 10.2. The fourth-order valence-electron chi connectivity index (χ4n) is 1.29.